The Hall–Kier alpha value is -3.24. The third kappa shape index (κ3) is 71.2. The van der Waals surface area contributed by atoms with Gasteiger partial charge in [-0.25, -0.2) is 9.13 Å². The Labute approximate surface area is 597 Å². The minimum Gasteiger partial charge on any atom is -0.462 e. The monoisotopic (exact) mass is 1430 g/mol. The summed E-state index contributed by atoms with van der Waals surface area (Å²) in [5.41, 5.74) is 0. The van der Waals surface area contributed by atoms with E-state index in [2.05, 4.69) is 88.5 Å². The molecule has 572 valence electrons. The Morgan fingerprint density at radius 2 is 0.531 bits per heavy atom. The molecule has 17 nitrogen and oxygen atoms in total. The Kier molecular flexibility index (Phi) is 69.7. The van der Waals surface area contributed by atoms with Crippen molar-refractivity contribution in [2.45, 2.75) is 380 Å². The van der Waals surface area contributed by atoms with Crippen LogP contribution in [0, 0.1) is 0 Å². The van der Waals surface area contributed by atoms with Crippen LogP contribution in [-0.4, -0.2) is 96.7 Å². The summed E-state index contributed by atoms with van der Waals surface area (Å²) in [6, 6.07) is 0. The number of rotatable bonds is 75. The summed E-state index contributed by atoms with van der Waals surface area (Å²) >= 11 is 0. The van der Waals surface area contributed by atoms with Crippen molar-refractivity contribution in [3.05, 3.63) is 60.8 Å². The Morgan fingerprint density at radius 3 is 0.837 bits per heavy atom. The van der Waals surface area contributed by atoms with E-state index in [9.17, 15) is 43.2 Å². The lowest BCUT2D eigenvalue weighted by Crippen LogP contribution is -2.30. The molecule has 0 aromatic carbocycles. The first-order chi connectivity index (χ1) is 47.7. The second-order valence-corrected chi connectivity index (χ2v) is 29.5. The van der Waals surface area contributed by atoms with Gasteiger partial charge in [0.15, 0.2) is 12.2 Å². The van der Waals surface area contributed by atoms with Crippen molar-refractivity contribution in [1.29, 1.82) is 0 Å². The number of carbonyl (C=O) groups excluding carboxylic acids is 4. The van der Waals surface area contributed by atoms with E-state index in [1.54, 1.807) is 0 Å². The summed E-state index contributed by atoms with van der Waals surface area (Å²) in [5, 5.41) is 10.6. The number of aliphatic hydroxyl groups excluding tert-OH is 1. The maximum absolute atomic E-state index is 13.1. The minimum atomic E-state index is -4.98. The van der Waals surface area contributed by atoms with Gasteiger partial charge in [0.1, 0.15) is 19.3 Å². The maximum atomic E-state index is 13.1. The summed E-state index contributed by atoms with van der Waals surface area (Å²) in [4.78, 5) is 72.9. The van der Waals surface area contributed by atoms with E-state index < -0.39 is 97.5 Å². The highest BCUT2D eigenvalue weighted by Crippen LogP contribution is 2.45. The highest BCUT2D eigenvalue weighted by atomic mass is 31.2. The molecule has 0 spiro atoms. The number of hydrogen-bond donors (Lipinski definition) is 3. The van der Waals surface area contributed by atoms with E-state index in [4.69, 9.17) is 37.0 Å². The van der Waals surface area contributed by atoms with E-state index in [0.717, 1.165) is 141 Å². The molecule has 0 bridgehead atoms. The second kappa shape index (κ2) is 72.1. The highest BCUT2D eigenvalue weighted by Gasteiger charge is 2.30. The zero-order valence-electron chi connectivity index (χ0n) is 62.5. The molecule has 5 unspecified atom stereocenters. The average molecular weight is 1430 g/mol. The summed E-state index contributed by atoms with van der Waals surface area (Å²) in [7, 11) is -9.94. The maximum Gasteiger partial charge on any atom is 0.472 e. The van der Waals surface area contributed by atoms with E-state index >= 15 is 0 Å². The van der Waals surface area contributed by atoms with Gasteiger partial charge >= 0.3 is 39.5 Å². The van der Waals surface area contributed by atoms with Crippen LogP contribution in [0.5, 0.6) is 0 Å². The molecule has 0 fully saturated rings. The highest BCUT2D eigenvalue weighted by molar-refractivity contribution is 7.47. The van der Waals surface area contributed by atoms with E-state index in [1.165, 1.54) is 141 Å². The van der Waals surface area contributed by atoms with Crippen LogP contribution < -0.4 is 0 Å². The number of unbranched alkanes of at least 4 members (excludes halogenated alkanes) is 39. The zero-order valence-corrected chi connectivity index (χ0v) is 64.3. The van der Waals surface area contributed by atoms with Gasteiger partial charge in [0.2, 0.25) is 0 Å². The second-order valence-electron chi connectivity index (χ2n) is 26.6. The SMILES string of the molecule is CC/C=C\C/C=C\C/C=C\CCCCCCCC(=O)OCC(COP(=O)(O)OCC(O)COP(=O)(O)OCC(COC(=O)CCCCCCCCCCCCCCCCC)OC(=O)CCCCCCCCCCCCCCC)OC(=O)CCCCCCC/C=C\C/C=C\CCCCC. The van der Waals surface area contributed by atoms with Crippen LogP contribution in [0.3, 0.4) is 0 Å². The van der Waals surface area contributed by atoms with Gasteiger partial charge in [-0.1, -0.05) is 307 Å². The molecule has 0 radical (unpaired) electrons. The molecular weight excluding hydrogens is 1280 g/mol. The summed E-state index contributed by atoms with van der Waals surface area (Å²) in [6.07, 6.45) is 70.5. The Morgan fingerprint density at radius 1 is 0.296 bits per heavy atom. The predicted octanol–water partition coefficient (Wildman–Crippen LogP) is 22.7. The first-order valence-electron chi connectivity index (χ1n) is 39.5. The third-order valence-corrected chi connectivity index (χ3v) is 18.9. The molecule has 0 rings (SSSR count). The van der Waals surface area contributed by atoms with Gasteiger partial charge in [0.25, 0.3) is 0 Å². The Bertz CT molecular complexity index is 2100. The number of allylic oxidation sites excluding steroid dienone is 10. The molecule has 0 aliphatic rings. The fraction of sp³-hybridized carbons (Fsp3) is 0.823. The largest absolute Gasteiger partial charge is 0.472 e. The number of esters is 4. The molecule has 0 saturated carbocycles. The number of phosphoric acid groups is 2. The Balaban J connectivity index is 5.33. The molecule has 0 heterocycles. The van der Waals surface area contributed by atoms with Crippen molar-refractivity contribution in [3.63, 3.8) is 0 Å². The molecule has 0 aliphatic carbocycles. The van der Waals surface area contributed by atoms with Crippen molar-refractivity contribution in [2.75, 3.05) is 39.6 Å². The lowest BCUT2D eigenvalue weighted by molar-refractivity contribution is -0.161. The van der Waals surface area contributed by atoms with Crippen LogP contribution in [0.25, 0.3) is 0 Å². The van der Waals surface area contributed by atoms with Crippen LogP contribution in [0.15, 0.2) is 60.8 Å². The normalized spacial score (nSPS) is 14.2. The number of aliphatic hydroxyl groups is 1. The van der Waals surface area contributed by atoms with Gasteiger partial charge in [0, 0.05) is 25.7 Å². The molecule has 98 heavy (non-hydrogen) atoms. The van der Waals surface area contributed by atoms with Gasteiger partial charge in [-0.3, -0.25) is 37.3 Å². The van der Waals surface area contributed by atoms with Crippen molar-refractivity contribution < 1.29 is 80.2 Å². The number of ether oxygens (including phenoxy) is 4. The van der Waals surface area contributed by atoms with E-state index in [1.807, 2.05) is 0 Å². The number of phosphoric ester groups is 2. The lowest BCUT2D eigenvalue weighted by atomic mass is 10.0. The number of hydrogen-bond acceptors (Lipinski definition) is 15. The standard InChI is InChI=1S/C79H144O17P2/c1-5-9-13-17-21-25-29-33-36-40-43-47-51-55-59-63-76(81)89-69-74(95-78(83)65-61-57-53-49-45-39-32-28-24-20-16-12-8-4)71-93-97(85,86)91-67-73(80)68-92-98(87,88)94-72-75(96-79(84)66-62-58-54-50-46-42-38-35-31-27-23-19-15-11-7-3)70-90-77(82)64-60-56-52-48-44-41-37-34-30-26-22-18-14-10-6-2/h10,14,22-23,26-27,34-35,37-38,73-75,80H,5-9,11-13,15-21,24-25,28-33,36,39-72H2,1-4H3,(H,85,86)(H,87,88)/b14-10-,26-22-,27-23-,37-34-,38-35-. The quantitative estimate of drug-likeness (QED) is 0.0169. The molecule has 0 amide bonds. The van der Waals surface area contributed by atoms with Crippen LogP contribution in [0.1, 0.15) is 362 Å². The zero-order chi connectivity index (χ0) is 71.8. The van der Waals surface area contributed by atoms with Crippen molar-refractivity contribution in [1.82, 2.24) is 0 Å². The number of carbonyl (C=O) groups is 4. The van der Waals surface area contributed by atoms with E-state index in [0.29, 0.717) is 25.7 Å². The van der Waals surface area contributed by atoms with Gasteiger partial charge < -0.3 is 33.8 Å². The molecule has 5 atom stereocenters. The summed E-state index contributed by atoms with van der Waals surface area (Å²) in [5.74, 6) is -2.17. The van der Waals surface area contributed by atoms with Gasteiger partial charge in [0.05, 0.1) is 26.4 Å². The fourth-order valence-electron chi connectivity index (χ4n) is 11.0. The van der Waals surface area contributed by atoms with Crippen LogP contribution in [0.2, 0.25) is 0 Å². The third-order valence-electron chi connectivity index (χ3n) is 17.0. The van der Waals surface area contributed by atoms with Gasteiger partial charge in [-0.05, 0) is 89.9 Å². The van der Waals surface area contributed by atoms with Crippen LogP contribution in [0.4, 0.5) is 0 Å². The molecule has 0 aromatic rings. The smallest absolute Gasteiger partial charge is 0.462 e. The lowest BCUT2D eigenvalue weighted by Gasteiger charge is -2.21. The fourth-order valence-corrected chi connectivity index (χ4v) is 12.6. The molecular formula is C79H144O17P2. The summed E-state index contributed by atoms with van der Waals surface area (Å²) in [6.45, 7) is 4.77. The molecule has 0 aliphatic heterocycles. The first-order valence-corrected chi connectivity index (χ1v) is 42.5. The van der Waals surface area contributed by atoms with Crippen molar-refractivity contribution in [3.8, 4) is 0 Å². The minimum absolute atomic E-state index is 0.0784. The van der Waals surface area contributed by atoms with Crippen molar-refractivity contribution in [2.24, 2.45) is 0 Å². The van der Waals surface area contributed by atoms with Crippen molar-refractivity contribution >= 4 is 39.5 Å². The molecule has 0 aromatic heterocycles. The van der Waals surface area contributed by atoms with Gasteiger partial charge in [-0.2, -0.15) is 0 Å². The predicted molar refractivity (Wildman–Crippen MR) is 400 cm³/mol. The topological polar surface area (TPSA) is 237 Å². The molecule has 19 heteroatoms. The first kappa shape index (κ1) is 94.8. The van der Waals surface area contributed by atoms with Gasteiger partial charge in [-0.15, -0.1) is 0 Å². The molecule has 0 saturated heterocycles. The molecule has 3 N–H and O–H groups in total. The summed E-state index contributed by atoms with van der Waals surface area (Å²) < 4.78 is 68.6. The van der Waals surface area contributed by atoms with Crippen LogP contribution in [-0.2, 0) is 65.4 Å². The van der Waals surface area contributed by atoms with Crippen LogP contribution >= 0.6 is 15.6 Å². The van der Waals surface area contributed by atoms with E-state index in [-0.39, 0.29) is 25.7 Å². The average Bonchev–Trinajstić information content (AvgIpc) is 1.04.